The van der Waals surface area contributed by atoms with Gasteiger partial charge in [0.1, 0.15) is 0 Å². The van der Waals surface area contributed by atoms with Gasteiger partial charge in [-0.25, -0.2) is 4.79 Å². The summed E-state index contributed by atoms with van der Waals surface area (Å²) in [6, 6.07) is 7.91. The number of hydrogen-bond acceptors (Lipinski definition) is 4. The zero-order chi connectivity index (χ0) is 18.3. The van der Waals surface area contributed by atoms with Gasteiger partial charge in [0.05, 0.1) is 11.1 Å². The highest BCUT2D eigenvalue weighted by Crippen LogP contribution is 2.32. The fraction of sp³-hybridized carbons (Fsp3) is 0.476. The van der Waals surface area contributed by atoms with Crippen molar-refractivity contribution in [3.8, 4) is 0 Å². The van der Waals surface area contributed by atoms with Crippen LogP contribution in [0.5, 0.6) is 0 Å². The van der Waals surface area contributed by atoms with Crippen molar-refractivity contribution in [1.82, 2.24) is 10.3 Å². The Labute approximate surface area is 153 Å². The molecule has 2 aromatic rings. The summed E-state index contributed by atoms with van der Waals surface area (Å²) < 4.78 is 5.56. The topological polar surface area (TPSA) is 68.3 Å². The highest BCUT2D eigenvalue weighted by atomic mass is 16.5. The van der Waals surface area contributed by atoms with E-state index in [9.17, 15) is 9.59 Å². The Morgan fingerprint density at radius 3 is 2.77 bits per heavy atom. The average molecular weight is 352 g/mol. The van der Waals surface area contributed by atoms with E-state index in [4.69, 9.17) is 9.72 Å². The zero-order valence-corrected chi connectivity index (χ0v) is 15.2. The van der Waals surface area contributed by atoms with Gasteiger partial charge in [-0.1, -0.05) is 25.1 Å². The fourth-order valence-electron chi connectivity index (χ4n) is 3.61. The largest absolute Gasteiger partial charge is 0.449 e. The minimum Gasteiger partial charge on any atom is -0.449 e. The molecule has 2 atom stereocenters. The van der Waals surface area contributed by atoms with Crippen molar-refractivity contribution >= 4 is 22.8 Å². The van der Waals surface area contributed by atoms with Crippen molar-refractivity contribution < 1.29 is 14.3 Å². The van der Waals surface area contributed by atoms with Crippen molar-refractivity contribution in [2.45, 2.75) is 58.1 Å². The number of carbonyl (C=O) groups is 2. The molecule has 0 aliphatic heterocycles. The maximum atomic E-state index is 13.0. The summed E-state index contributed by atoms with van der Waals surface area (Å²) in [6.45, 7) is 3.83. The smallest absolute Gasteiger partial charge is 0.339 e. The monoisotopic (exact) mass is 352 g/mol. The molecule has 2 aliphatic carbocycles. The first kappa shape index (κ1) is 17.0. The molecule has 26 heavy (non-hydrogen) atoms. The minimum atomic E-state index is -0.799. The molecule has 1 aromatic heterocycles. The van der Waals surface area contributed by atoms with E-state index in [0.29, 0.717) is 11.5 Å². The Balaban J connectivity index is 1.68. The van der Waals surface area contributed by atoms with Crippen LogP contribution in [0.1, 0.15) is 54.7 Å². The Hall–Kier alpha value is -2.43. The van der Waals surface area contributed by atoms with Crippen LogP contribution in [0.4, 0.5) is 0 Å². The maximum Gasteiger partial charge on any atom is 0.339 e. The molecule has 1 aromatic carbocycles. The first-order valence-corrected chi connectivity index (χ1v) is 9.44. The fourth-order valence-corrected chi connectivity index (χ4v) is 3.61. The lowest BCUT2D eigenvalue weighted by atomic mass is 9.84. The van der Waals surface area contributed by atoms with Crippen molar-refractivity contribution in [2.24, 2.45) is 5.92 Å². The molecule has 0 bridgehead atoms. The van der Waals surface area contributed by atoms with Gasteiger partial charge in [0.25, 0.3) is 5.91 Å². The van der Waals surface area contributed by atoms with Gasteiger partial charge in [-0.05, 0) is 56.6 Å². The number of esters is 1. The molecule has 0 unspecified atom stereocenters. The van der Waals surface area contributed by atoms with Crippen LogP contribution in [0.15, 0.2) is 24.3 Å². The number of hydrogen-bond donors (Lipinski definition) is 1. The SMILES string of the molecule is C[C@H]1CCc2nc3ccccc3c(C(=O)O[C@H](C)C(=O)NC3CC3)c2C1. The molecule has 1 fully saturated rings. The highest BCUT2D eigenvalue weighted by Gasteiger charge is 2.30. The van der Waals surface area contributed by atoms with Gasteiger partial charge in [0, 0.05) is 17.1 Å². The van der Waals surface area contributed by atoms with Crippen molar-refractivity contribution in [3.05, 3.63) is 41.1 Å². The van der Waals surface area contributed by atoms with E-state index in [0.717, 1.165) is 54.3 Å². The quantitative estimate of drug-likeness (QED) is 0.858. The second-order valence-corrected chi connectivity index (χ2v) is 7.61. The molecule has 5 heteroatoms. The number of aromatic nitrogens is 1. The van der Waals surface area contributed by atoms with Crippen LogP contribution in [0.2, 0.25) is 0 Å². The first-order valence-electron chi connectivity index (χ1n) is 9.44. The van der Waals surface area contributed by atoms with E-state index >= 15 is 0 Å². The summed E-state index contributed by atoms with van der Waals surface area (Å²) in [7, 11) is 0. The molecule has 1 saturated carbocycles. The van der Waals surface area contributed by atoms with E-state index in [-0.39, 0.29) is 11.9 Å². The lowest BCUT2D eigenvalue weighted by Gasteiger charge is -2.24. The van der Waals surface area contributed by atoms with Crippen molar-refractivity contribution in [1.29, 1.82) is 0 Å². The Bertz CT molecular complexity index is 873. The molecule has 4 rings (SSSR count). The second kappa shape index (κ2) is 6.71. The third kappa shape index (κ3) is 3.30. The first-order chi connectivity index (χ1) is 12.5. The Morgan fingerprint density at radius 1 is 1.23 bits per heavy atom. The van der Waals surface area contributed by atoms with Crippen molar-refractivity contribution in [2.75, 3.05) is 0 Å². The number of pyridine rings is 1. The predicted octanol–water partition coefficient (Wildman–Crippen LogP) is 3.18. The molecule has 1 heterocycles. The van der Waals surface area contributed by atoms with Gasteiger partial charge < -0.3 is 10.1 Å². The highest BCUT2D eigenvalue weighted by molar-refractivity contribution is 6.05. The summed E-state index contributed by atoms with van der Waals surface area (Å²) in [5.41, 5.74) is 3.37. The average Bonchev–Trinajstić information content (AvgIpc) is 3.43. The van der Waals surface area contributed by atoms with Crippen LogP contribution in [0, 0.1) is 5.92 Å². The van der Waals surface area contributed by atoms with Gasteiger partial charge in [-0.2, -0.15) is 0 Å². The number of amides is 1. The standard InChI is InChI=1S/C21H24N2O3/c1-12-7-10-18-16(11-12)19(15-5-3-4-6-17(15)23-18)21(25)26-13(2)20(24)22-14-8-9-14/h3-6,12-14H,7-11H2,1-2H3,(H,22,24)/t12-,13+/m0/s1. The third-order valence-electron chi connectivity index (χ3n) is 5.29. The van der Waals surface area contributed by atoms with E-state index in [1.54, 1.807) is 6.92 Å². The zero-order valence-electron chi connectivity index (χ0n) is 15.2. The van der Waals surface area contributed by atoms with E-state index in [1.807, 2.05) is 24.3 Å². The lowest BCUT2D eigenvalue weighted by molar-refractivity contribution is -0.129. The molecule has 0 saturated heterocycles. The minimum absolute atomic E-state index is 0.221. The Morgan fingerprint density at radius 2 is 2.00 bits per heavy atom. The molecular formula is C21H24N2O3. The normalized spacial score (nSPS) is 20.3. The molecule has 0 spiro atoms. The van der Waals surface area contributed by atoms with Crippen LogP contribution < -0.4 is 5.32 Å². The van der Waals surface area contributed by atoms with Gasteiger partial charge in [-0.15, -0.1) is 0 Å². The van der Waals surface area contributed by atoms with Crippen molar-refractivity contribution in [3.63, 3.8) is 0 Å². The van der Waals surface area contributed by atoms with Crippen LogP contribution in [-0.4, -0.2) is 29.0 Å². The summed E-state index contributed by atoms with van der Waals surface area (Å²) >= 11 is 0. The molecule has 1 N–H and O–H groups in total. The predicted molar refractivity (Wildman–Crippen MR) is 99.0 cm³/mol. The molecule has 5 nitrogen and oxygen atoms in total. The van der Waals surface area contributed by atoms with Crippen LogP contribution in [0.25, 0.3) is 10.9 Å². The van der Waals surface area contributed by atoms with E-state index < -0.39 is 12.1 Å². The van der Waals surface area contributed by atoms with Gasteiger partial charge in [0.2, 0.25) is 0 Å². The van der Waals surface area contributed by atoms with E-state index in [2.05, 4.69) is 12.2 Å². The lowest BCUT2D eigenvalue weighted by Crippen LogP contribution is -2.37. The summed E-state index contributed by atoms with van der Waals surface area (Å²) in [6.07, 6.45) is 3.98. The molecule has 2 aliphatic rings. The molecule has 1 amide bonds. The summed E-state index contributed by atoms with van der Waals surface area (Å²) in [5, 5.41) is 3.69. The second-order valence-electron chi connectivity index (χ2n) is 7.61. The molecular weight excluding hydrogens is 328 g/mol. The maximum absolute atomic E-state index is 13.0. The van der Waals surface area contributed by atoms with Crippen LogP contribution >= 0.6 is 0 Å². The number of fused-ring (bicyclic) bond motifs is 2. The number of ether oxygens (including phenoxy) is 1. The van der Waals surface area contributed by atoms with Gasteiger partial charge in [0.15, 0.2) is 6.10 Å². The van der Waals surface area contributed by atoms with Gasteiger partial charge >= 0.3 is 5.97 Å². The van der Waals surface area contributed by atoms with Gasteiger partial charge in [-0.3, -0.25) is 9.78 Å². The summed E-state index contributed by atoms with van der Waals surface area (Å²) in [5.74, 6) is -0.138. The number of carbonyl (C=O) groups excluding carboxylic acids is 2. The number of rotatable bonds is 4. The number of benzene rings is 1. The molecule has 0 radical (unpaired) electrons. The van der Waals surface area contributed by atoms with E-state index in [1.165, 1.54) is 0 Å². The third-order valence-corrected chi connectivity index (χ3v) is 5.29. The number of aryl methyl sites for hydroxylation is 1. The summed E-state index contributed by atoms with van der Waals surface area (Å²) in [4.78, 5) is 30.0. The molecule has 136 valence electrons. The number of nitrogens with zero attached hydrogens (tertiary/aromatic N) is 1. The van der Waals surface area contributed by atoms with Crippen LogP contribution in [0.3, 0.4) is 0 Å². The van der Waals surface area contributed by atoms with Crippen LogP contribution in [-0.2, 0) is 22.4 Å². The Kier molecular flexibility index (Phi) is 4.39. The number of para-hydroxylation sites is 1. The number of nitrogens with one attached hydrogen (secondary N) is 1.